The van der Waals surface area contributed by atoms with Gasteiger partial charge in [0.05, 0.1) is 17.5 Å². The Bertz CT molecular complexity index is 1130. The molecule has 0 aliphatic heterocycles. The molecule has 0 bridgehead atoms. The summed E-state index contributed by atoms with van der Waals surface area (Å²) < 4.78 is 29.8. The third kappa shape index (κ3) is 5.91. The van der Waals surface area contributed by atoms with Crippen LogP contribution in [0.5, 0.6) is 0 Å². The number of aromatic nitrogens is 2. The summed E-state index contributed by atoms with van der Waals surface area (Å²) >= 11 is 0. The van der Waals surface area contributed by atoms with Crippen molar-refractivity contribution < 1.29 is 22.7 Å². The van der Waals surface area contributed by atoms with Crippen molar-refractivity contribution in [2.45, 2.75) is 0 Å². The van der Waals surface area contributed by atoms with E-state index in [2.05, 4.69) is 20.2 Å². The molecule has 3 rings (SSSR count). The van der Waals surface area contributed by atoms with E-state index in [-0.39, 0.29) is 11.3 Å². The summed E-state index contributed by atoms with van der Waals surface area (Å²) in [7, 11) is -3.47. The van der Waals surface area contributed by atoms with E-state index >= 15 is 0 Å². The van der Waals surface area contributed by atoms with Gasteiger partial charge in [-0.3, -0.25) is 14.6 Å². The minimum atomic E-state index is -3.47. The van der Waals surface area contributed by atoms with Gasteiger partial charge in [-0.2, -0.15) is 5.10 Å². The van der Waals surface area contributed by atoms with E-state index in [4.69, 9.17) is 4.74 Å². The summed E-state index contributed by atoms with van der Waals surface area (Å²) in [6.45, 7) is -0.518. The van der Waals surface area contributed by atoms with Crippen molar-refractivity contribution in [3.63, 3.8) is 0 Å². The van der Waals surface area contributed by atoms with Crippen LogP contribution in [0, 0.1) is 0 Å². The monoisotopic (exact) mass is 414 g/mol. The Morgan fingerprint density at radius 2 is 1.83 bits per heavy atom. The number of amides is 1. The van der Waals surface area contributed by atoms with E-state index < -0.39 is 28.5 Å². The predicted octanol–water partition coefficient (Wildman–Crippen LogP) is 2.24. The summed E-state index contributed by atoms with van der Waals surface area (Å²) in [5.41, 5.74) is 1.97. The lowest BCUT2D eigenvalue weighted by Gasteiger charge is -2.07. The van der Waals surface area contributed by atoms with Crippen molar-refractivity contribution in [3.8, 4) is 11.3 Å². The maximum atomic E-state index is 12.1. The molecule has 9 nitrogen and oxygen atoms in total. The summed E-state index contributed by atoms with van der Waals surface area (Å²) in [4.78, 5) is 24.1. The molecule has 0 unspecified atom stereocenters. The highest BCUT2D eigenvalue weighted by Crippen LogP contribution is 2.19. The smallest absolute Gasteiger partial charge is 0.338 e. The zero-order valence-corrected chi connectivity index (χ0v) is 16.2. The SMILES string of the molecule is CS(=O)(=O)Nc1cccc(C(=O)OCC(=O)Nc2cc(-c3ccccc3)[nH]n2)c1. The number of esters is 1. The van der Waals surface area contributed by atoms with Gasteiger partial charge < -0.3 is 10.1 Å². The second-order valence-electron chi connectivity index (χ2n) is 6.11. The Labute approximate surface area is 167 Å². The zero-order valence-electron chi connectivity index (χ0n) is 15.4. The lowest BCUT2D eigenvalue weighted by atomic mass is 10.2. The molecule has 150 valence electrons. The third-order valence-electron chi connectivity index (χ3n) is 3.67. The Morgan fingerprint density at radius 1 is 1.07 bits per heavy atom. The number of nitrogens with one attached hydrogen (secondary N) is 3. The number of carbonyl (C=O) groups is 2. The average molecular weight is 414 g/mol. The zero-order chi connectivity index (χ0) is 20.9. The second-order valence-corrected chi connectivity index (χ2v) is 7.86. The summed E-state index contributed by atoms with van der Waals surface area (Å²) in [5, 5.41) is 9.35. The summed E-state index contributed by atoms with van der Waals surface area (Å²) in [5.74, 6) is -1.02. The molecule has 2 aromatic carbocycles. The molecule has 1 aromatic heterocycles. The number of carbonyl (C=O) groups excluding carboxylic acids is 2. The number of sulfonamides is 1. The molecule has 0 spiro atoms. The number of rotatable bonds is 7. The van der Waals surface area contributed by atoms with Crippen LogP contribution in [0.4, 0.5) is 11.5 Å². The Kier molecular flexibility index (Phi) is 5.93. The highest BCUT2D eigenvalue weighted by atomic mass is 32.2. The van der Waals surface area contributed by atoms with Crippen LogP contribution >= 0.6 is 0 Å². The lowest BCUT2D eigenvalue weighted by molar-refractivity contribution is -0.119. The van der Waals surface area contributed by atoms with Gasteiger partial charge in [-0.05, 0) is 23.8 Å². The predicted molar refractivity (Wildman–Crippen MR) is 108 cm³/mol. The van der Waals surface area contributed by atoms with E-state index in [1.54, 1.807) is 6.07 Å². The molecule has 0 saturated heterocycles. The fourth-order valence-corrected chi connectivity index (χ4v) is 3.02. The number of ether oxygens (including phenoxy) is 1. The van der Waals surface area contributed by atoms with Gasteiger partial charge in [0.15, 0.2) is 12.4 Å². The highest BCUT2D eigenvalue weighted by Gasteiger charge is 2.13. The standard InChI is InChI=1S/C19H18N4O5S/c1-29(26,27)23-15-9-5-8-14(10-15)19(25)28-12-18(24)20-17-11-16(21-22-17)13-6-3-2-4-7-13/h2-11,23H,12H2,1H3,(H2,20,21,22,24). The molecule has 1 heterocycles. The number of nitrogens with zero attached hydrogens (tertiary/aromatic N) is 1. The van der Waals surface area contributed by atoms with Crippen molar-refractivity contribution in [3.05, 3.63) is 66.2 Å². The fourth-order valence-electron chi connectivity index (χ4n) is 2.47. The van der Waals surface area contributed by atoms with E-state index in [0.717, 1.165) is 17.5 Å². The number of hydrogen-bond acceptors (Lipinski definition) is 6. The molecule has 0 aliphatic carbocycles. The average Bonchev–Trinajstić information content (AvgIpc) is 3.14. The van der Waals surface area contributed by atoms with Crippen LogP contribution < -0.4 is 10.0 Å². The molecule has 0 aliphatic rings. The molecular weight excluding hydrogens is 396 g/mol. The van der Waals surface area contributed by atoms with Crippen molar-refractivity contribution >= 4 is 33.4 Å². The van der Waals surface area contributed by atoms with Gasteiger partial charge in [-0.25, -0.2) is 13.2 Å². The van der Waals surface area contributed by atoms with Gasteiger partial charge in [0.2, 0.25) is 10.0 Å². The molecule has 1 amide bonds. The molecule has 3 N–H and O–H groups in total. The first-order valence-corrected chi connectivity index (χ1v) is 10.3. The van der Waals surface area contributed by atoms with E-state index in [1.807, 2.05) is 30.3 Å². The van der Waals surface area contributed by atoms with E-state index in [9.17, 15) is 18.0 Å². The molecule has 10 heteroatoms. The number of anilines is 2. The minimum Gasteiger partial charge on any atom is -0.452 e. The van der Waals surface area contributed by atoms with Crippen LogP contribution in [0.25, 0.3) is 11.3 Å². The van der Waals surface area contributed by atoms with Crippen molar-refractivity contribution in [1.82, 2.24) is 10.2 Å². The third-order valence-corrected chi connectivity index (χ3v) is 4.27. The van der Waals surface area contributed by atoms with E-state index in [0.29, 0.717) is 5.82 Å². The van der Waals surface area contributed by atoms with Crippen LogP contribution in [-0.2, 0) is 19.6 Å². The van der Waals surface area contributed by atoms with Crippen LogP contribution in [0.1, 0.15) is 10.4 Å². The van der Waals surface area contributed by atoms with E-state index in [1.165, 1.54) is 24.3 Å². The maximum absolute atomic E-state index is 12.1. The van der Waals surface area contributed by atoms with Gasteiger partial charge in [-0.15, -0.1) is 0 Å². The fraction of sp³-hybridized carbons (Fsp3) is 0.105. The second kappa shape index (κ2) is 8.57. The Balaban J connectivity index is 1.55. The molecule has 29 heavy (non-hydrogen) atoms. The first-order chi connectivity index (χ1) is 13.8. The Morgan fingerprint density at radius 3 is 2.55 bits per heavy atom. The van der Waals surface area contributed by atoms with Gasteiger partial charge >= 0.3 is 5.97 Å². The maximum Gasteiger partial charge on any atom is 0.338 e. The van der Waals surface area contributed by atoms with Gasteiger partial charge in [0.1, 0.15) is 0 Å². The number of H-pyrrole nitrogens is 1. The Hall–Kier alpha value is -3.66. The summed E-state index contributed by atoms with van der Waals surface area (Å²) in [6.07, 6.45) is 1.00. The first kappa shape index (κ1) is 20.1. The van der Waals surface area contributed by atoms with Gasteiger partial charge in [0.25, 0.3) is 5.91 Å². The van der Waals surface area contributed by atoms with Crippen molar-refractivity contribution in [2.75, 3.05) is 22.9 Å². The highest BCUT2D eigenvalue weighted by molar-refractivity contribution is 7.92. The minimum absolute atomic E-state index is 0.109. The topological polar surface area (TPSA) is 130 Å². The lowest BCUT2D eigenvalue weighted by Crippen LogP contribution is -2.21. The number of benzene rings is 2. The molecule has 3 aromatic rings. The number of aromatic amines is 1. The first-order valence-electron chi connectivity index (χ1n) is 8.46. The molecule has 0 fully saturated rings. The molecule has 0 radical (unpaired) electrons. The van der Waals surface area contributed by atoms with Crippen LogP contribution in [0.15, 0.2) is 60.7 Å². The van der Waals surface area contributed by atoms with Crippen LogP contribution in [0.3, 0.4) is 0 Å². The quantitative estimate of drug-likeness (QED) is 0.508. The molecule has 0 saturated carbocycles. The van der Waals surface area contributed by atoms with Crippen LogP contribution in [0.2, 0.25) is 0 Å². The normalized spacial score (nSPS) is 10.9. The van der Waals surface area contributed by atoms with Crippen molar-refractivity contribution in [2.24, 2.45) is 0 Å². The number of hydrogen-bond donors (Lipinski definition) is 3. The molecule has 0 atom stereocenters. The van der Waals surface area contributed by atoms with Gasteiger partial charge in [-0.1, -0.05) is 36.4 Å². The van der Waals surface area contributed by atoms with Gasteiger partial charge in [0, 0.05) is 11.8 Å². The van der Waals surface area contributed by atoms with Crippen LogP contribution in [-0.4, -0.2) is 43.4 Å². The summed E-state index contributed by atoms with van der Waals surface area (Å²) in [6, 6.07) is 16.9. The largest absolute Gasteiger partial charge is 0.452 e. The molecular formula is C19H18N4O5S. The van der Waals surface area contributed by atoms with Crippen molar-refractivity contribution in [1.29, 1.82) is 0 Å².